The molecule has 0 aliphatic rings. The van der Waals surface area contributed by atoms with Crippen molar-refractivity contribution in [2.75, 3.05) is 0 Å². The number of ether oxygens (including phenoxy) is 1. The number of aliphatic hydroxyl groups excluding tert-OH is 1. The predicted molar refractivity (Wildman–Crippen MR) is 57.0 cm³/mol. The minimum Gasteiger partial charge on any atom is -0.428 e. The third kappa shape index (κ3) is 4.21. The molecule has 0 bridgehead atoms. The number of rotatable bonds is 5. The molecule has 2 atom stereocenters. The van der Waals surface area contributed by atoms with E-state index in [-0.39, 0.29) is 0 Å². The molecule has 0 aliphatic carbocycles. The summed E-state index contributed by atoms with van der Waals surface area (Å²) in [7, 11) is 0. The maximum atomic E-state index is 12.8. The molecule has 0 radical (unpaired) electrons. The molecule has 120 valence electrons. The molecule has 0 amide bonds. The Morgan fingerprint density at radius 2 is 1.57 bits per heavy atom. The second kappa shape index (κ2) is 6.06. The van der Waals surface area contributed by atoms with Crippen LogP contribution < -0.4 is 10.5 Å². The zero-order valence-corrected chi connectivity index (χ0v) is 10.1. The van der Waals surface area contributed by atoms with E-state index in [4.69, 9.17) is 10.8 Å². The van der Waals surface area contributed by atoms with Crippen LogP contribution in [0.25, 0.3) is 0 Å². The van der Waals surface area contributed by atoms with Gasteiger partial charge in [-0.3, -0.25) is 0 Å². The molecule has 10 heteroatoms. The van der Waals surface area contributed by atoms with E-state index in [0.717, 1.165) is 24.3 Å². The van der Waals surface area contributed by atoms with E-state index in [0.29, 0.717) is 0 Å². The summed E-state index contributed by atoms with van der Waals surface area (Å²) in [6.45, 7) is 0. The van der Waals surface area contributed by atoms with Gasteiger partial charge in [0.1, 0.15) is 5.75 Å². The van der Waals surface area contributed by atoms with Gasteiger partial charge in [0, 0.05) is 5.56 Å². The summed E-state index contributed by atoms with van der Waals surface area (Å²) in [4.78, 5) is 0. The van der Waals surface area contributed by atoms with Gasteiger partial charge in [-0.1, -0.05) is 18.2 Å². The third-order valence-electron chi connectivity index (χ3n) is 2.45. The number of benzene rings is 1. The van der Waals surface area contributed by atoms with Gasteiger partial charge in [-0.25, -0.2) is 0 Å². The smallest absolute Gasteiger partial charge is 0.428 e. The molecular weight excluding hydrogens is 311 g/mol. The van der Waals surface area contributed by atoms with Crippen molar-refractivity contribution in [3.63, 3.8) is 0 Å². The summed E-state index contributed by atoms with van der Waals surface area (Å²) in [6, 6.07) is 1.64. The van der Waals surface area contributed by atoms with Crippen LogP contribution in [0.5, 0.6) is 5.75 Å². The first-order valence-corrected chi connectivity index (χ1v) is 5.41. The molecule has 1 aromatic carbocycles. The van der Waals surface area contributed by atoms with Crippen LogP contribution in [0.4, 0.5) is 30.7 Å². The summed E-state index contributed by atoms with van der Waals surface area (Å²) in [5.41, 5.74) is 4.46. The number of nitrogens with two attached hydrogens (primary N) is 1. The van der Waals surface area contributed by atoms with E-state index in [2.05, 4.69) is 4.74 Å². The summed E-state index contributed by atoms with van der Waals surface area (Å²) in [5, 5.41) is 9.00. The highest BCUT2D eigenvalue weighted by atomic mass is 19.4. The SMILES string of the molecule is N[C@@H](c1ccccc1OC(F)(F)C(F)F)[C@H](O)C(F)(F)F. The minimum absolute atomic E-state index is 0.678. The number of halogens is 7. The van der Waals surface area contributed by atoms with Crippen LogP contribution in [0.1, 0.15) is 11.6 Å². The second-order valence-electron chi connectivity index (χ2n) is 4.01. The molecule has 0 aliphatic heterocycles. The van der Waals surface area contributed by atoms with Gasteiger partial charge >= 0.3 is 18.7 Å². The van der Waals surface area contributed by atoms with Gasteiger partial charge in [0.25, 0.3) is 0 Å². The number of alkyl halides is 7. The Bertz CT molecular complexity index is 478. The Hall–Kier alpha value is -1.55. The fourth-order valence-electron chi connectivity index (χ4n) is 1.41. The highest BCUT2D eigenvalue weighted by molar-refractivity contribution is 5.37. The van der Waals surface area contributed by atoms with E-state index in [1.807, 2.05) is 0 Å². The summed E-state index contributed by atoms with van der Waals surface area (Å²) in [6.07, 6.45) is -17.3. The van der Waals surface area contributed by atoms with Crippen LogP contribution in [0.3, 0.4) is 0 Å². The van der Waals surface area contributed by atoms with Gasteiger partial charge in [-0.2, -0.15) is 30.7 Å². The monoisotopic (exact) mass is 321 g/mol. The number of hydrogen-bond acceptors (Lipinski definition) is 3. The van der Waals surface area contributed by atoms with Crippen LogP contribution in [0.2, 0.25) is 0 Å². The van der Waals surface area contributed by atoms with E-state index in [1.54, 1.807) is 0 Å². The first-order chi connectivity index (χ1) is 9.47. The second-order valence-corrected chi connectivity index (χ2v) is 4.01. The van der Waals surface area contributed by atoms with Crippen LogP contribution >= 0.6 is 0 Å². The average Bonchev–Trinajstić information content (AvgIpc) is 2.36. The number of para-hydroxylation sites is 1. The molecule has 3 nitrogen and oxygen atoms in total. The van der Waals surface area contributed by atoms with Crippen molar-refractivity contribution in [1.82, 2.24) is 0 Å². The molecular formula is C11H10F7NO2. The van der Waals surface area contributed by atoms with Crippen LogP contribution in [0, 0.1) is 0 Å². The van der Waals surface area contributed by atoms with Crippen molar-refractivity contribution in [3.8, 4) is 5.75 Å². The molecule has 1 aromatic rings. The van der Waals surface area contributed by atoms with Crippen molar-refractivity contribution in [2.24, 2.45) is 5.73 Å². The summed E-state index contributed by atoms with van der Waals surface area (Å²) in [5.74, 6) is -0.974. The van der Waals surface area contributed by atoms with Crippen LogP contribution in [0.15, 0.2) is 24.3 Å². The Balaban J connectivity index is 3.10. The maximum absolute atomic E-state index is 12.8. The number of aliphatic hydroxyl groups is 1. The predicted octanol–water partition coefficient (Wildman–Crippen LogP) is 2.85. The number of hydrogen-bond donors (Lipinski definition) is 2. The van der Waals surface area contributed by atoms with Gasteiger partial charge in [0.2, 0.25) is 0 Å². The Labute approximate surface area is 114 Å². The molecule has 21 heavy (non-hydrogen) atoms. The Morgan fingerprint density at radius 3 is 2.05 bits per heavy atom. The highest BCUT2D eigenvalue weighted by Crippen LogP contribution is 2.36. The molecule has 0 saturated heterocycles. The van der Waals surface area contributed by atoms with E-state index in [9.17, 15) is 30.7 Å². The lowest BCUT2D eigenvalue weighted by molar-refractivity contribution is -0.253. The first-order valence-electron chi connectivity index (χ1n) is 5.41. The molecule has 0 fully saturated rings. The van der Waals surface area contributed by atoms with Crippen molar-refractivity contribution in [1.29, 1.82) is 0 Å². The molecule has 0 saturated carbocycles. The largest absolute Gasteiger partial charge is 0.461 e. The van der Waals surface area contributed by atoms with Crippen molar-refractivity contribution in [3.05, 3.63) is 29.8 Å². The fourth-order valence-corrected chi connectivity index (χ4v) is 1.41. The fraction of sp³-hybridized carbons (Fsp3) is 0.455. The average molecular weight is 321 g/mol. The van der Waals surface area contributed by atoms with Gasteiger partial charge in [-0.05, 0) is 6.07 Å². The summed E-state index contributed by atoms with van der Waals surface area (Å²) >= 11 is 0. The molecule has 3 N–H and O–H groups in total. The molecule has 0 aromatic heterocycles. The molecule has 0 unspecified atom stereocenters. The third-order valence-corrected chi connectivity index (χ3v) is 2.45. The lowest BCUT2D eigenvalue weighted by atomic mass is 10.0. The van der Waals surface area contributed by atoms with Crippen molar-refractivity contribution < 1.29 is 40.6 Å². The summed E-state index contributed by atoms with van der Waals surface area (Å²) < 4.78 is 90.5. The van der Waals surface area contributed by atoms with Gasteiger partial charge < -0.3 is 15.6 Å². The van der Waals surface area contributed by atoms with E-state index >= 15 is 0 Å². The topological polar surface area (TPSA) is 55.5 Å². The Kier molecular flexibility index (Phi) is 5.05. The van der Waals surface area contributed by atoms with Gasteiger partial charge in [0.05, 0.1) is 6.04 Å². The Morgan fingerprint density at radius 1 is 1.05 bits per heavy atom. The van der Waals surface area contributed by atoms with Gasteiger partial charge in [-0.15, -0.1) is 0 Å². The van der Waals surface area contributed by atoms with Gasteiger partial charge in [0.15, 0.2) is 6.10 Å². The van der Waals surface area contributed by atoms with Crippen molar-refractivity contribution in [2.45, 2.75) is 30.9 Å². The normalized spacial score (nSPS) is 15.9. The van der Waals surface area contributed by atoms with E-state index < -0.39 is 42.2 Å². The molecule has 0 heterocycles. The van der Waals surface area contributed by atoms with Crippen LogP contribution in [-0.4, -0.2) is 29.9 Å². The standard InChI is InChI=1S/C11H10F7NO2/c12-9(13)11(17,18)21-6-4-2-1-3-5(6)7(19)8(20)10(14,15)16/h1-4,7-9,20H,19H2/t7-,8-/m0/s1. The quantitative estimate of drug-likeness (QED) is 0.820. The minimum atomic E-state index is -5.11. The van der Waals surface area contributed by atoms with E-state index in [1.165, 1.54) is 0 Å². The van der Waals surface area contributed by atoms with Crippen molar-refractivity contribution >= 4 is 0 Å². The molecule has 1 rings (SSSR count). The maximum Gasteiger partial charge on any atom is 0.461 e. The van der Waals surface area contributed by atoms with Crippen LogP contribution in [-0.2, 0) is 0 Å². The lowest BCUT2D eigenvalue weighted by Gasteiger charge is -2.25. The lowest BCUT2D eigenvalue weighted by Crippen LogP contribution is -2.40. The zero-order valence-electron chi connectivity index (χ0n) is 10.1. The zero-order chi connectivity index (χ0) is 16.4. The molecule has 0 spiro atoms. The highest BCUT2D eigenvalue weighted by Gasteiger charge is 2.46. The first kappa shape index (κ1) is 17.5.